The molecule has 4 nitrogen and oxygen atoms in total. The monoisotopic (exact) mass is 433 g/mol. The van der Waals surface area contributed by atoms with E-state index in [4.69, 9.17) is 16.3 Å². The van der Waals surface area contributed by atoms with Crippen LogP contribution in [0.25, 0.3) is 0 Å². The quantitative estimate of drug-likeness (QED) is 0.430. The van der Waals surface area contributed by atoms with Crippen molar-refractivity contribution in [2.24, 2.45) is 5.92 Å². The van der Waals surface area contributed by atoms with Crippen LogP contribution >= 0.6 is 11.6 Å². The van der Waals surface area contributed by atoms with Crippen molar-refractivity contribution >= 4 is 23.6 Å². The zero-order valence-corrected chi connectivity index (χ0v) is 18.8. The van der Waals surface area contributed by atoms with Crippen molar-refractivity contribution in [3.8, 4) is 5.75 Å². The Morgan fingerprint density at radius 3 is 2.57 bits per heavy atom. The van der Waals surface area contributed by atoms with E-state index in [1.807, 2.05) is 37.8 Å². The molecule has 0 aliphatic rings. The molecule has 2 rings (SSSR count). The molecular formula is C24H29ClFNO3. The maximum absolute atomic E-state index is 14.4. The summed E-state index contributed by atoms with van der Waals surface area (Å²) in [5, 5.41) is 10.1. The maximum Gasteiger partial charge on any atom is 0.147 e. The van der Waals surface area contributed by atoms with Crippen molar-refractivity contribution in [1.29, 1.82) is 0 Å². The van der Waals surface area contributed by atoms with Gasteiger partial charge in [-0.2, -0.15) is 0 Å². The summed E-state index contributed by atoms with van der Waals surface area (Å²) >= 11 is 5.92. The first-order chi connectivity index (χ1) is 14.2. The minimum atomic E-state index is -0.436. The highest BCUT2D eigenvalue weighted by molar-refractivity contribution is 6.30. The van der Waals surface area contributed by atoms with E-state index in [9.17, 15) is 14.3 Å². The van der Waals surface area contributed by atoms with E-state index < -0.39 is 5.82 Å². The van der Waals surface area contributed by atoms with Gasteiger partial charge in [0.05, 0.1) is 24.8 Å². The fraction of sp³-hybridized carbons (Fsp3) is 0.375. The number of nitrogens with zero attached hydrogens (tertiary/aromatic N) is 1. The molecule has 0 saturated carbocycles. The van der Waals surface area contributed by atoms with Crippen LogP contribution in [-0.2, 0) is 11.2 Å². The molecule has 0 heterocycles. The topological polar surface area (TPSA) is 49.8 Å². The Morgan fingerprint density at radius 2 is 2.00 bits per heavy atom. The molecule has 0 bridgehead atoms. The van der Waals surface area contributed by atoms with Gasteiger partial charge in [-0.15, -0.1) is 0 Å². The molecule has 2 aromatic rings. The lowest BCUT2D eigenvalue weighted by Gasteiger charge is -2.34. The van der Waals surface area contributed by atoms with E-state index in [2.05, 4.69) is 0 Å². The second kappa shape index (κ2) is 10.6. The van der Waals surface area contributed by atoms with Gasteiger partial charge in [0, 0.05) is 29.9 Å². The van der Waals surface area contributed by atoms with Crippen LogP contribution in [0.3, 0.4) is 0 Å². The molecule has 0 aliphatic carbocycles. The lowest BCUT2D eigenvalue weighted by molar-refractivity contribution is -0.104. The Morgan fingerprint density at radius 1 is 1.30 bits per heavy atom. The highest BCUT2D eigenvalue weighted by Crippen LogP contribution is 2.34. The van der Waals surface area contributed by atoms with Gasteiger partial charge in [0.25, 0.3) is 0 Å². The molecule has 0 aromatic heterocycles. The van der Waals surface area contributed by atoms with Crippen molar-refractivity contribution in [3.05, 3.63) is 69.6 Å². The summed E-state index contributed by atoms with van der Waals surface area (Å²) in [6.45, 7) is 7.62. The second-order valence-corrected chi connectivity index (χ2v) is 8.14. The average Bonchev–Trinajstić information content (AvgIpc) is 2.71. The molecule has 30 heavy (non-hydrogen) atoms. The number of aryl methyl sites for hydroxylation is 1. The standard InChI is InChI=1S/C24H29ClFNO3/c1-15(2)22(14-29)27(12-16(3)13-28)21-11-23(30-5)19(9-17(21)4)10-18-7-6-8-20(25)24(18)26/h6-9,11-13,15,22,29H,10,14H2,1-5H3/b16-12-. The smallest absolute Gasteiger partial charge is 0.147 e. The Bertz CT molecular complexity index is 927. The number of anilines is 1. The van der Waals surface area contributed by atoms with E-state index in [1.54, 1.807) is 32.4 Å². The van der Waals surface area contributed by atoms with Crippen molar-refractivity contribution < 1.29 is 19.0 Å². The van der Waals surface area contributed by atoms with Crippen LogP contribution in [-0.4, -0.2) is 31.2 Å². The van der Waals surface area contributed by atoms with Crippen LogP contribution in [0.1, 0.15) is 37.5 Å². The number of hydrogen-bond acceptors (Lipinski definition) is 4. The molecule has 1 atom stereocenters. The van der Waals surface area contributed by atoms with E-state index in [-0.39, 0.29) is 23.6 Å². The van der Waals surface area contributed by atoms with Crippen molar-refractivity contribution in [2.75, 3.05) is 18.6 Å². The van der Waals surface area contributed by atoms with Crippen molar-refractivity contribution in [3.63, 3.8) is 0 Å². The molecule has 0 fully saturated rings. The lowest BCUT2D eigenvalue weighted by atomic mass is 9.97. The normalized spacial score (nSPS) is 12.8. The van der Waals surface area contributed by atoms with Gasteiger partial charge >= 0.3 is 0 Å². The van der Waals surface area contributed by atoms with E-state index in [0.717, 1.165) is 23.1 Å². The zero-order valence-electron chi connectivity index (χ0n) is 18.1. The number of carbonyl (C=O) groups is 1. The number of allylic oxidation sites excluding steroid dienone is 1. The van der Waals surface area contributed by atoms with Gasteiger partial charge in [-0.25, -0.2) is 4.39 Å². The minimum absolute atomic E-state index is 0.0719. The Balaban J connectivity index is 2.57. The van der Waals surface area contributed by atoms with Gasteiger partial charge in [0.2, 0.25) is 0 Å². The van der Waals surface area contributed by atoms with E-state index in [0.29, 0.717) is 23.3 Å². The fourth-order valence-corrected chi connectivity index (χ4v) is 3.64. The number of aliphatic hydroxyl groups is 1. The molecule has 1 unspecified atom stereocenters. The number of benzene rings is 2. The molecule has 0 saturated heterocycles. The second-order valence-electron chi connectivity index (χ2n) is 7.73. The molecule has 0 amide bonds. The molecular weight excluding hydrogens is 405 g/mol. The predicted molar refractivity (Wildman–Crippen MR) is 120 cm³/mol. The van der Waals surface area contributed by atoms with Gasteiger partial charge in [0.1, 0.15) is 17.9 Å². The van der Waals surface area contributed by atoms with Crippen molar-refractivity contribution in [1.82, 2.24) is 0 Å². The van der Waals surface area contributed by atoms with Gasteiger partial charge in [0.15, 0.2) is 0 Å². The number of methoxy groups -OCH3 is 1. The summed E-state index contributed by atoms with van der Waals surface area (Å²) < 4.78 is 20.0. The molecule has 162 valence electrons. The number of aldehydes is 1. The molecule has 0 aliphatic heterocycles. The summed E-state index contributed by atoms with van der Waals surface area (Å²) in [6.07, 6.45) is 2.85. The van der Waals surface area contributed by atoms with Crippen LogP contribution in [0, 0.1) is 18.7 Å². The third kappa shape index (κ3) is 5.41. The molecule has 1 N–H and O–H groups in total. The summed E-state index contributed by atoms with van der Waals surface area (Å²) in [5.41, 5.74) is 3.58. The summed E-state index contributed by atoms with van der Waals surface area (Å²) in [7, 11) is 1.56. The first-order valence-electron chi connectivity index (χ1n) is 9.86. The van der Waals surface area contributed by atoms with Gasteiger partial charge in [-0.1, -0.05) is 37.6 Å². The number of carbonyl (C=O) groups excluding carboxylic acids is 1. The van der Waals surface area contributed by atoms with Crippen LogP contribution in [0.4, 0.5) is 10.1 Å². The first kappa shape index (κ1) is 23.9. The van der Waals surface area contributed by atoms with Crippen LogP contribution in [0.15, 0.2) is 42.1 Å². The van der Waals surface area contributed by atoms with Gasteiger partial charge in [-0.05, 0) is 48.6 Å². The lowest BCUT2D eigenvalue weighted by Crippen LogP contribution is -2.39. The third-order valence-corrected chi connectivity index (χ3v) is 5.42. The van der Waals surface area contributed by atoms with Crippen LogP contribution in [0.5, 0.6) is 5.75 Å². The Kier molecular flexibility index (Phi) is 8.44. The van der Waals surface area contributed by atoms with Crippen LogP contribution in [0.2, 0.25) is 5.02 Å². The van der Waals surface area contributed by atoms with Gasteiger partial charge in [-0.3, -0.25) is 4.79 Å². The van der Waals surface area contributed by atoms with Crippen LogP contribution < -0.4 is 9.64 Å². The predicted octanol–water partition coefficient (Wildman–Crippen LogP) is 5.31. The van der Waals surface area contributed by atoms with E-state index >= 15 is 0 Å². The first-order valence-corrected chi connectivity index (χ1v) is 10.2. The highest BCUT2D eigenvalue weighted by atomic mass is 35.5. The average molecular weight is 434 g/mol. The highest BCUT2D eigenvalue weighted by Gasteiger charge is 2.23. The molecule has 2 aromatic carbocycles. The summed E-state index contributed by atoms with van der Waals surface area (Å²) in [4.78, 5) is 13.2. The van der Waals surface area contributed by atoms with Gasteiger partial charge < -0.3 is 14.7 Å². The Hall–Kier alpha value is -2.37. The third-order valence-electron chi connectivity index (χ3n) is 5.13. The molecule has 0 radical (unpaired) electrons. The maximum atomic E-state index is 14.4. The minimum Gasteiger partial charge on any atom is -0.496 e. The number of ether oxygens (including phenoxy) is 1. The van der Waals surface area contributed by atoms with Crippen molar-refractivity contribution in [2.45, 2.75) is 40.2 Å². The molecule has 0 spiro atoms. The Labute approximate surface area is 182 Å². The summed E-state index contributed by atoms with van der Waals surface area (Å²) in [5.74, 6) is 0.295. The number of halogens is 2. The zero-order chi connectivity index (χ0) is 22.4. The largest absolute Gasteiger partial charge is 0.496 e. The van der Waals surface area contributed by atoms with E-state index in [1.165, 1.54) is 6.07 Å². The number of aliphatic hydroxyl groups excluding tert-OH is 1. The number of rotatable bonds is 9. The SMILES string of the molecule is COc1cc(N(/C=C(/C)C=O)C(CO)C(C)C)c(C)cc1Cc1cccc(Cl)c1F. The number of hydrogen-bond donors (Lipinski definition) is 1. The summed E-state index contributed by atoms with van der Waals surface area (Å²) in [6, 6.07) is 8.53. The fourth-order valence-electron chi connectivity index (χ4n) is 3.45. The molecule has 6 heteroatoms.